The Labute approximate surface area is 289 Å². The number of benzene rings is 6. The molecule has 6 aromatic carbocycles. The molecule has 0 saturated heterocycles. The molecule has 8 rings (SSSR count). The molecule has 0 radical (unpaired) electrons. The summed E-state index contributed by atoms with van der Waals surface area (Å²) in [6, 6.07) is 40.9. The maximum Gasteiger partial charge on any atom is 0.280 e. The zero-order chi connectivity index (χ0) is 34.5. The van der Waals surface area contributed by atoms with Crippen molar-refractivity contribution in [3.8, 4) is 0 Å². The van der Waals surface area contributed by atoms with E-state index in [1.165, 1.54) is 10.0 Å². The van der Waals surface area contributed by atoms with Gasteiger partial charge in [0, 0.05) is 10.8 Å². The number of aryl methyl sites for hydroxylation is 2. The lowest BCUT2D eigenvalue weighted by atomic mass is 9.86. The second kappa shape index (κ2) is 12.2. The van der Waals surface area contributed by atoms with Gasteiger partial charge in [-0.1, -0.05) is 96.1 Å². The maximum atomic E-state index is 14.4. The molecular weight excluding hydrogens is 624 g/mol. The molecule has 8 nitrogen and oxygen atoms in total. The van der Waals surface area contributed by atoms with E-state index in [-0.39, 0.29) is 35.3 Å². The lowest BCUT2D eigenvalue weighted by molar-refractivity contribution is 0.0564. The fourth-order valence-electron chi connectivity index (χ4n) is 6.79. The van der Waals surface area contributed by atoms with Crippen molar-refractivity contribution in [3.63, 3.8) is 0 Å². The lowest BCUT2D eigenvalue weighted by Gasteiger charge is -2.40. The first-order valence-corrected chi connectivity index (χ1v) is 16.4. The van der Waals surface area contributed by atoms with E-state index in [0.29, 0.717) is 22.1 Å². The zero-order valence-corrected chi connectivity index (χ0v) is 27.5. The van der Waals surface area contributed by atoms with Gasteiger partial charge in [-0.2, -0.15) is 10.0 Å². The molecule has 8 heteroatoms. The van der Waals surface area contributed by atoms with Crippen LogP contribution in [0.5, 0.6) is 0 Å². The third-order valence-electron chi connectivity index (χ3n) is 9.35. The number of carbonyl (C=O) groups excluding carboxylic acids is 4. The van der Waals surface area contributed by atoms with Crippen LogP contribution in [0.25, 0.3) is 10.8 Å². The van der Waals surface area contributed by atoms with Crippen LogP contribution in [0.4, 0.5) is 11.4 Å². The fourth-order valence-corrected chi connectivity index (χ4v) is 6.79. The van der Waals surface area contributed by atoms with Gasteiger partial charge < -0.3 is 0 Å². The summed E-state index contributed by atoms with van der Waals surface area (Å²) in [6.07, 6.45) is 0. The van der Waals surface area contributed by atoms with Gasteiger partial charge >= 0.3 is 0 Å². The fraction of sp³-hybridized carbons (Fsp3) is 0.0952. The maximum absolute atomic E-state index is 14.4. The molecule has 0 bridgehead atoms. The highest BCUT2D eigenvalue weighted by Gasteiger charge is 2.43. The summed E-state index contributed by atoms with van der Waals surface area (Å²) in [4.78, 5) is 57.8. The predicted molar refractivity (Wildman–Crippen MR) is 193 cm³/mol. The quantitative estimate of drug-likeness (QED) is 0.155. The van der Waals surface area contributed by atoms with Gasteiger partial charge in [-0.05, 0) is 73.5 Å². The summed E-state index contributed by atoms with van der Waals surface area (Å²) in [5.41, 5.74) is 6.25. The Morgan fingerprint density at radius 3 is 1.00 bits per heavy atom. The van der Waals surface area contributed by atoms with Gasteiger partial charge in [0.25, 0.3) is 23.6 Å². The standard InChI is InChI=1S/C42H32N4O4/c1-27-13-17-31(18-14-27)43(25-29-9-5-3-6-10-29)45-39(47)33-21-23-35-38-36(24-22-34(37(33)38)40(45)48)42(50)46(41(35)49)44(26-30-11-7-4-8-12-30)32-19-15-28(2)16-20-32/h3-24H,25-26H2,1-2H3. The SMILES string of the molecule is Cc1ccc(N(Cc2ccccc2)N2C(=O)c3ccc4c5c(ccc(c35)C2=O)C(=O)N(N(Cc2ccccc2)c2ccc(C)cc2)C4=O)cc1. The van der Waals surface area contributed by atoms with Gasteiger partial charge in [0.1, 0.15) is 0 Å². The zero-order valence-electron chi connectivity index (χ0n) is 27.5. The lowest BCUT2D eigenvalue weighted by Crippen LogP contribution is -2.53. The average molecular weight is 657 g/mol. The normalized spacial score (nSPS) is 13.6. The molecule has 50 heavy (non-hydrogen) atoms. The molecule has 2 aliphatic rings. The number of anilines is 2. The second-order valence-electron chi connectivity index (χ2n) is 12.7. The van der Waals surface area contributed by atoms with E-state index in [9.17, 15) is 19.2 Å². The molecule has 0 saturated carbocycles. The monoisotopic (exact) mass is 656 g/mol. The molecule has 0 aromatic heterocycles. The summed E-state index contributed by atoms with van der Waals surface area (Å²) in [7, 11) is 0. The van der Waals surface area contributed by atoms with Gasteiger partial charge in [0.2, 0.25) is 0 Å². The Morgan fingerprint density at radius 2 is 0.700 bits per heavy atom. The van der Waals surface area contributed by atoms with Crippen LogP contribution in [0, 0.1) is 13.8 Å². The van der Waals surface area contributed by atoms with Crippen LogP contribution in [0.2, 0.25) is 0 Å². The minimum atomic E-state index is -0.532. The van der Waals surface area contributed by atoms with E-state index < -0.39 is 23.6 Å². The van der Waals surface area contributed by atoms with Gasteiger partial charge in [0.15, 0.2) is 0 Å². The molecule has 6 aromatic rings. The number of hydrazine groups is 2. The van der Waals surface area contributed by atoms with Crippen molar-refractivity contribution < 1.29 is 19.2 Å². The van der Waals surface area contributed by atoms with Gasteiger partial charge in [-0.3, -0.25) is 29.2 Å². The van der Waals surface area contributed by atoms with Crippen molar-refractivity contribution in [1.82, 2.24) is 10.0 Å². The van der Waals surface area contributed by atoms with Crippen molar-refractivity contribution >= 4 is 45.8 Å². The Bertz CT molecular complexity index is 2080. The Hall–Kier alpha value is -6.54. The highest BCUT2D eigenvalue weighted by molar-refractivity contribution is 6.33. The van der Waals surface area contributed by atoms with E-state index in [2.05, 4.69) is 0 Å². The van der Waals surface area contributed by atoms with Crippen LogP contribution in [0.15, 0.2) is 133 Å². The molecular formula is C42H32N4O4. The van der Waals surface area contributed by atoms with E-state index in [4.69, 9.17) is 0 Å². The van der Waals surface area contributed by atoms with E-state index in [1.807, 2.05) is 123 Å². The van der Waals surface area contributed by atoms with Crippen LogP contribution in [-0.4, -0.2) is 33.6 Å². The van der Waals surface area contributed by atoms with E-state index in [0.717, 1.165) is 22.3 Å². The number of hydrogen-bond acceptors (Lipinski definition) is 6. The average Bonchev–Trinajstić information content (AvgIpc) is 3.14. The van der Waals surface area contributed by atoms with Crippen LogP contribution in [-0.2, 0) is 13.1 Å². The molecule has 2 heterocycles. The van der Waals surface area contributed by atoms with Crippen molar-refractivity contribution in [3.05, 3.63) is 178 Å². The first-order chi connectivity index (χ1) is 24.3. The predicted octanol–water partition coefficient (Wildman–Crippen LogP) is 7.89. The molecule has 2 aliphatic heterocycles. The first-order valence-electron chi connectivity index (χ1n) is 16.4. The van der Waals surface area contributed by atoms with Crippen molar-refractivity contribution in [2.45, 2.75) is 26.9 Å². The largest absolute Gasteiger partial charge is 0.280 e. The topological polar surface area (TPSA) is 81.2 Å². The molecule has 0 unspecified atom stereocenters. The highest BCUT2D eigenvalue weighted by atomic mass is 16.2. The van der Waals surface area contributed by atoms with Gasteiger partial charge in [-0.25, -0.2) is 0 Å². The Kier molecular flexibility index (Phi) is 7.49. The molecule has 0 N–H and O–H groups in total. The summed E-state index contributed by atoms with van der Waals surface area (Å²) in [5, 5.41) is 6.36. The minimum Gasteiger partial charge on any atom is -0.271 e. The van der Waals surface area contributed by atoms with Gasteiger partial charge in [-0.15, -0.1) is 0 Å². The van der Waals surface area contributed by atoms with Crippen LogP contribution >= 0.6 is 0 Å². The van der Waals surface area contributed by atoms with Crippen LogP contribution < -0.4 is 10.0 Å². The van der Waals surface area contributed by atoms with Crippen LogP contribution in [0.3, 0.4) is 0 Å². The van der Waals surface area contributed by atoms with Crippen molar-refractivity contribution in [2.24, 2.45) is 0 Å². The summed E-state index contributed by atoms with van der Waals surface area (Å²) in [5.74, 6) is -2.13. The Balaban J connectivity index is 1.23. The van der Waals surface area contributed by atoms with E-state index in [1.54, 1.807) is 34.3 Å². The smallest absolute Gasteiger partial charge is 0.271 e. The summed E-state index contributed by atoms with van der Waals surface area (Å²) < 4.78 is 0. The molecule has 244 valence electrons. The highest BCUT2D eigenvalue weighted by Crippen LogP contribution is 2.40. The first kappa shape index (κ1) is 30.8. The number of imide groups is 2. The number of hydrogen-bond donors (Lipinski definition) is 0. The van der Waals surface area contributed by atoms with Crippen molar-refractivity contribution in [2.75, 3.05) is 10.0 Å². The summed E-state index contributed by atoms with van der Waals surface area (Å²) in [6.45, 7) is 4.48. The number of rotatable bonds is 8. The number of amides is 4. The molecule has 0 atom stereocenters. The van der Waals surface area contributed by atoms with Crippen LogP contribution in [0.1, 0.15) is 63.7 Å². The van der Waals surface area contributed by atoms with E-state index >= 15 is 0 Å². The van der Waals surface area contributed by atoms with Crippen molar-refractivity contribution in [1.29, 1.82) is 0 Å². The number of nitrogens with zero attached hydrogens (tertiary/aromatic N) is 4. The third-order valence-corrected chi connectivity index (χ3v) is 9.35. The minimum absolute atomic E-state index is 0.249. The molecule has 0 fully saturated rings. The van der Waals surface area contributed by atoms with Gasteiger partial charge in [0.05, 0.1) is 46.7 Å². The molecule has 0 spiro atoms. The molecule has 4 amide bonds. The summed E-state index contributed by atoms with van der Waals surface area (Å²) >= 11 is 0. The second-order valence-corrected chi connectivity index (χ2v) is 12.7. The number of carbonyl (C=O) groups is 4. The molecule has 0 aliphatic carbocycles. The Morgan fingerprint density at radius 1 is 0.400 bits per heavy atom. The third kappa shape index (κ3) is 5.09.